The lowest BCUT2D eigenvalue weighted by Gasteiger charge is -2.21. The Morgan fingerprint density at radius 3 is 1.72 bits per heavy atom. The second-order valence-electron chi connectivity index (χ2n) is 9.94. The third kappa shape index (κ3) is 21.8. The molecule has 0 bridgehead atoms. The number of rotatable bonds is 25. The smallest absolute Gasteiger partial charge is 0.249 e. The van der Waals surface area contributed by atoms with E-state index in [4.69, 9.17) is 0 Å². The Bertz CT molecular complexity index is 573. The summed E-state index contributed by atoms with van der Waals surface area (Å²) in [7, 11) is 0. The van der Waals surface area contributed by atoms with Gasteiger partial charge in [0.2, 0.25) is 5.91 Å². The highest BCUT2D eigenvalue weighted by atomic mass is 16.3. The fourth-order valence-electron chi connectivity index (χ4n) is 4.01. The van der Waals surface area contributed by atoms with E-state index in [0.717, 1.165) is 51.4 Å². The van der Waals surface area contributed by atoms with Crippen molar-refractivity contribution in [3.05, 3.63) is 36.5 Å². The molecule has 3 atom stereocenters. The molecule has 0 aromatic carbocycles. The first-order valence-corrected chi connectivity index (χ1v) is 14.8. The molecule has 0 radical (unpaired) electrons. The van der Waals surface area contributed by atoms with Crippen LogP contribution in [0.1, 0.15) is 129 Å². The molecule has 0 saturated heterocycles. The number of unbranched alkanes of at least 4 members (excludes halogenated alkanes) is 13. The molecule has 0 fully saturated rings. The maximum atomic E-state index is 12.3. The first-order chi connectivity index (χ1) is 17.6. The maximum Gasteiger partial charge on any atom is 0.249 e. The average molecular weight is 508 g/mol. The van der Waals surface area contributed by atoms with Crippen LogP contribution in [0.2, 0.25) is 0 Å². The fourth-order valence-corrected chi connectivity index (χ4v) is 4.01. The predicted molar refractivity (Wildman–Crippen MR) is 153 cm³/mol. The van der Waals surface area contributed by atoms with Gasteiger partial charge in [-0.3, -0.25) is 4.79 Å². The van der Waals surface area contributed by atoms with Crippen molar-refractivity contribution < 1.29 is 20.1 Å². The van der Waals surface area contributed by atoms with Crippen LogP contribution >= 0.6 is 0 Å². The lowest BCUT2D eigenvalue weighted by atomic mass is 10.1. The molecule has 210 valence electrons. The van der Waals surface area contributed by atoms with Crippen molar-refractivity contribution in [3.63, 3.8) is 0 Å². The van der Waals surface area contributed by atoms with Crippen LogP contribution < -0.4 is 5.32 Å². The van der Waals surface area contributed by atoms with E-state index in [1.54, 1.807) is 6.08 Å². The molecule has 0 aromatic heterocycles. The number of amides is 1. The van der Waals surface area contributed by atoms with Crippen molar-refractivity contribution >= 4 is 5.91 Å². The zero-order valence-electron chi connectivity index (χ0n) is 23.4. The van der Waals surface area contributed by atoms with Crippen LogP contribution in [0.3, 0.4) is 0 Å². The van der Waals surface area contributed by atoms with Crippen molar-refractivity contribution in [3.8, 4) is 0 Å². The van der Waals surface area contributed by atoms with E-state index in [9.17, 15) is 20.1 Å². The zero-order valence-corrected chi connectivity index (χ0v) is 23.4. The van der Waals surface area contributed by atoms with Gasteiger partial charge in [0.1, 0.15) is 6.10 Å². The first-order valence-electron chi connectivity index (χ1n) is 14.8. The van der Waals surface area contributed by atoms with E-state index in [-0.39, 0.29) is 6.61 Å². The molecule has 0 aliphatic carbocycles. The number of carbonyl (C=O) groups is 1. The molecule has 0 heterocycles. The number of hydrogen-bond donors (Lipinski definition) is 4. The number of aliphatic hydroxyl groups is 3. The van der Waals surface area contributed by atoms with Crippen LogP contribution in [0.15, 0.2) is 36.5 Å². The highest BCUT2D eigenvalue weighted by Gasteiger charge is 2.22. The van der Waals surface area contributed by atoms with Gasteiger partial charge >= 0.3 is 0 Å². The van der Waals surface area contributed by atoms with Crippen molar-refractivity contribution in [1.82, 2.24) is 5.32 Å². The average Bonchev–Trinajstić information content (AvgIpc) is 2.88. The van der Waals surface area contributed by atoms with Crippen molar-refractivity contribution in [2.45, 2.75) is 148 Å². The van der Waals surface area contributed by atoms with Gasteiger partial charge in [0.05, 0.1) is 18.8 Å². The lowest BCUT2D eigenvalue weighted by molar-refractivity contribution is -0.131. The Labute approximate surface area is 222 Å². The van der Waals surface area contributed by atoms with E-state index < -0.39 is 24.2 Å². The second kappa shape index (κ2) is 26.6. The van der Waals surface area contributed by atoms with Crippen LogP contribution in [0, 0.1) is 0 Å². The molecule has 0 rings (SSSR count). The summed E-state index contributed by atoms with van der Waals surface area (Å²) in [5.41, 5.74) is 0. The minimum atomic E-state index is -1.11. The predicted octanol–water partition coefficient (Wildman–Crippen LogP) is 6.92. The number of allylic oxidation sites excluding steroid dienone is 5. The molecule has 5 heteroatoms. The molecular formula is C31H57NO4. The third-order valence-electron chi connectivity index (χ3n) is 6.45. The van der Waals surface area contributed by atoms with Gasteiger partial charge in [-0.2, -0.15) is 0 Å². The highest BCUT2D eigenvalue weighted by Crippen LogP contribution is 2.10. The van der Waals surface area contributed by atoms with Crippen LogP contribution in [-0.2, 0) is 4.79 Å². The summed E-state index contributed by atoms with van der Waals surface area (Å²) in [6.45, 7) is 4.06. The Hall–Kier alpha value is -1.43. The number of nitrogens with one attached hydrogen (secondary N) is 1. The first kappa shape index (κ1) is 34.6. The van der Waals surface area contributed by atoms with Gasteiger partial charge in [0, 0.05) is 0 Å². The molecule has 0 aromatic rings. The normalized spacial score (nSPS) is 14.7. The van der Waals surface area contributed by atoms with Gasteiger partial charge in [-0.1, -0.05) is 108 Å². The third-order valence-corrected chi connectivity index (χ3v) is 6.45. The summed E-state index contributed by atoms with van der Waals surface area (Å²) in [5.74, 6) is -0.529. The van der Waals surface area contributed by atoms with Gasteiger partial charge in [-0.15, -0.1) is 0 Å². The molecule has 0 aliphatic rings. The monoisotopic (exact) mass is 507 g/mol. The number of carbonyl (C=O) groups excluding carboxylic acids is 1. The van der Waals surface area contributed by atoms with Crippen LogP contribution in [0.5, 0.6) is 0 Å². The summed E-state index contributed by atoms with van der Waals surface area (Å²) in [5, 5.41) is 32.6. The summed E-state index contributed by atoms with van der Waals surface area (Å²) < 4.78 is 0. The summed E-state index contributed by atoms with van der Waals surface area (Å²) >= 11 is 0. The summed E-state index contributed by atoms with van der Waals surface area (Å²) in [4.78, 5) is 12.3. The number of hydrogen-bond acceptors (Lipinski definition) is 4. The van der Waals surface area contributed by atoms with E-state index >= 15 is 0 Å². The Morgan fingerprint density at radius 2 is 1.14 bits per heavy atom. The van der Waals surface area contributed by atoms with E-state index in [0.29, 0.717) is 6.42 Å². The van der Waals surface area contributed by atoms with E-state index in [1.807, 2.05) is 6.08 Å². The molecule has 0 aliphatic heterocycles. The topological polar surface area (TPSA) is 89.8 Å². The molecule has 0 spiro atoms. The minimum Gasteiger partial charge on any atom is -0.394 e. The van der Waals surface area contributed by atoms with Gasteiger partial charge in [-0.25, -0.2) is 0 Å². The Kier molecular flexibility index (Phi) is 25.6. The highest BCUT2D eigenvalue weighted by molar-refractivity contribution is 5.80. The molecule has 36 heavy (non-hydrogen) atoms. The number of aliphatic hydroxyl groups excluding tert-OH is 3. The van der Waals surface area contributed by atoms with Crippen LogP contribution in [0.4, 0.5) is 0 Å². The quantitative estimate of drug-likeness (QED) is 0.0798. The van der Waals surface area contributed by atoms with Crippen LogP contribution in [0.25, 0.3) is 0 Å². The van der Waals surface area contributed by atoms with Gasteiger partial charge in [0.15, 0.2) is 0 Å². The molecule has 4 N–H and O–H groups in total. The SMILES string of the molecule is CCCCC/C=C\CCCCCCC(O)C(=O)NC(CO)C(O)/C=C/CC/C=C/CCCCCCC. The fraction of sp³-hybridized carbons (Fsp3) is 0.774. The van der Waals surface area contributed by atoms with Gasteiger partial charge in [-0.05, 0) is 57.8 Å². The standard InChI is InChI=1S/C31H57NO4/c1-3-5-7-9-11-13-15-17-19-21-23-25-29(34)28(27-33)32-31(36)30(35)26-24-22-20-18-16-14-12-10-8-6-4-2/h12,14-15,17,23,25,28-30,33-35H,3-11,13,16,18-22,24,26-27H2,1-2H3,(H,32,36)/b14-12-,17-15+,25-23+. The molecule has 3 unspecified atom stereocenters. The summed E-state index contributed by atoms with van der Waals surface area (Å²) in [6, 6.07) is -0.814. The molecule has 1 amide bonds. The Morgan fingerprint density at radius 1 is 0.667 bits per heavy atom. The molecular weight excluding hydrogens is 450 g/mol. The van der Waals surface area contributed by atoms with E-state index in [1.165, 1.54) is 57.8 Å². The van der Waals surface area contributed by atoms with Crippen LogP contribution in [-0.4, -0.2) is 46.1 Å². The van der Waals surface area contributed by atoms with Gasteiger partial charge < -0.3 is 20.6 Å². The van der Waals surface area contributed by atoms with Crippen molar-refractivity contribution in [2.75, 3.05) is 6.61 Å². The van der Waals surface area contributed by atoms with Crippen molar-refractivity contribution in [1.29, 1.82) is 0 Å². The van der Waals surface area contributed by atoms with Gasteiger partial charge in [0.25, 0.3) is 0 Å². The largest absolute Gasteiger partial charge is 0.394 e. The molecule has 0 saturated carbocycles. The summed E-state index contributed by atoms with van der Waals surface area (Å²) in [6.07, 6.45) is 30.1. The lowest BCUT2D eigenvalue weighted by Crippen LogP contribution is -2.48. The zero-order chi connectivity index (χ0) is 26.7. The van der Waals surface area contributed by atoms with Crippen molar-refractivity contribution in [2.24, 2.45) is 0 Å². The second-order valence-corrected chi connectivity index (χ2v) is 9.94. The maximum absolute atomic E-state index is 12.3. The van der Waals surface area contributed by atoms with E-state index in [2.05, 4.69) is 43.5 Å². The molecule has 5 nitrogen and oxygen atoms in total. The minimum absolute atomic E-state index is 0.381. The Balaban J connectivity index is 3.95.